The molecule has 2 heterocycles. The van der Waals surface area contributed by atoms with E-state index < -0.39 is 5.91 Å². The zero-order valence-electron chi connectivity index (χ0n) is 16.2. The van der Waals surface area contributed by atoms with Gasteiger partial charge in [0.05, 0.1) is 7.11 Å². The van der Waals surface area contributed by atoms with Crippen LogP contribution in [0.25, 0.3) is 6.08 Å². The molecule has 1 fully saturated rings. The summed E-state index contributed by atoms with van der Waals surface area (Å²) in [5.74, 6) is 0.916. The van der Waals surface area contributed by atoms with Gasteiger partial charge in [0.15, 0.2) is 0 Å². The Morgan fingerprint density at radius 2 is 1.90 bits per heavy atom. The number of nitrogens with zero attached hydrogens (tertiary/aromatic N) is 2. The second kappa shape index (κ2) is 9.70. The zero-order valence-corrected chi connectivity index (χ0v) is 16.2. The van der Waals surface area contributed by atoms with E-state index in [2.05, 4.69) is 10.3 Å². The summed E-state index contributed by atoms with van der Waals surface area (Å²) in [6.45, 7) is 1.36. The molecule has 8 heteroatoms. The van der Waals surface area contributed by atoms with Crippen molar-refractivity contribution in [1.82, 2.24) is 15.4 Å². The van der Waals surface area contributed by atoms with Crippen LogP contribution in [0.15, 0.2) is 48.7 Å². The smallest absolute Gasteiger partial charge is 0.267 e. The van der Waals surface area contributed by atoms with Gasteiger partial charge in [0, 0.05) is 37.0 Å². The molecule has 1 aliphatic heterocycles. The van der Waals surface area contributed by atoms with Gasteiger partial charge in [-0.3, -0.25) is 14.8 Å². The van der Waals surface area contributed by atoms with Crippen molar-refractivity contribution in [3.63, 3.8) is 0 Å². The summed E-state index contributed by atoms with van der Waals surface area (Å²) < 4.78 is 5.13. The van der Waals surface area contributed by atoms with Gasteiger partial charge >= 0.3 is 0 Å². The fraction of sp³-hybridized carbons (Fsp3) is 0.286. The number of hydroxylamine groups is 1. The van der Waals surface area contributed by atoms with Crippen molar-refractivity contribution in [3.05, 3.63) is 59.8 Å². The van der Waals surface area contributed by atoms with Gasteiger partial charge in [-0.1, -0.05) is 0 Å². The highest BCUT2D eigenvalue weighted by Crippen LogP contribution is 2.19. The Hall–Kier alpha value is -3.39. The second-order valence-electron chi connectivity index (χ2n) is 6.73. The number of anilines is 1. The summed E-state index contributed by atoms with van der Waals surface area (Å²) in [5, 5.41) is 11.9. The number of pyridine rings is 1. The molecule has 2 aromatic rings. The van der Waals surface area contributed by atoms with E-state index in [1.54, 1.807) is 43.6 Å². The lowest BCUT2D eigenvalue weighted by Crippen LogP contribution is -2.42. The van der Waals surface area contributed by atoms with E-state index in [4.69, 9.17) is 9.94 Å². The Kier molecular flexibility index (Phi) is 6.80. The summed E-state index contributed by atoms with van der Waals surface area (Å²) in [7, 11) is 1.60. The van der Waals surface area contributed by atoms with Gasteiger partial charge in [0.25, 0.3) is 11.8 Å². The highest BCUT2D eigenvalue weighted by atomic mass is 16.5. The minimum absolute atomic E-state index is 0.0345. The molecule has 3 N–H and O–H groups in total. The molecule has 0 aliphatic carbocycles. The van der Waals surface area contributed by atoms with Crippen molar-refractivity contribution < 1.29 is 19.5 Å². The molecule has 29 heavy (non-hydrogen) atoms. The number of benzene rings is 1. The molecule has 0 saturated carbocycles. The van der Waals surface area contributed by atoms with Gasteiger partial charge in [0.1, 0.15) is 11.6 Å². The van der Waals surface area contributed by atoms with Crippen molar-refractivity contribution in [2.24, 2.45) is 0 Å². The maximum atomic E-state index is 12.6. The predicted molar refractivity (Wildman–Crippen MR) is 109 cm³/mol. The molecule has 152 valence electrons. The molecule has 0 radical (unpaired) electrons. The van der Waals surface area contributed by atoms with Crippen molar-refractivity contribution in [2.45, 2.75) is 18.9 Å². The van der Waals surface area contributed by atoms with Gasteiger partial charge in [0.2, 0.25) is 0 Å². The number of hydrogen-bond acceptors (Lipinski definition) is 6. The minimum atomic E-state index is -0.594. The van der Waals surface area contributed by atoms with Gasteiger partial charge in [-0.25, -0.2) is 10.5 Å². The first kappa shape index (κ1) is 20.3. The number of methoxy groups -OCH3 is 1. The second-order valence-corrected chi connectivity index (χ2v) is 6.73. The minimum Gasteiger partial charge on any atom is -0.497 e. The van der Waals surface area contributed by atoms with Crippen LogP contribution in [0.3, 0.4) is 0 Å². The average Bonchev–Trinajstić information content (AvgIpc) is 2.78. The van der Waals surface area contributed by atoms with E-state index >= 15 is 0 Å². The molecule has 0 spiro atoms. The largest absolute Gasteiger partial charge is 0.497 e. The Labute approximate surface area is 169 Å². The van der Waals surface area contributed by atoms with Crippen LogP contribution < -0.4 is 15.5 Å². The molecule has 0 atom stereocenters. The number of hydrogen-bond donors (Lipinski definition) is 3. The maximum absolute atomic E-state index is 12.6. The standard InChI is InChI=1S/C21H24N4O4/c1-29-18-6-4-16(5-7-18)21(27)25-12-10-17(11-13-25)23-19-8-2-15(14-22-19)3-9-20(26)24-28/h2-9,14,17,28H,10-13H2,1H3,(H,22,23)(H,24,26). The predicted octanol–water partition coefficient (Wildman–Crippen LogP) is 2.33. The van der Waals surface area contributed by atoms with E-state index in [0.717, 1.165) is 30.0 Å². The first-order valence-corrected chi connectivity index (χ1v) is 9.37. The van der Waals surface area contributed by atoms with Crippen LogP contribution >= 0.6 is 0 Å². The molecule has 1 aliphatic rings. The van der Waals surface area contributed by atoms with Crippen molar-refractivity contribution in [3.8, 4) is 5.75 Å². The number of carbonyl (C=O) groups is 2. The maximum Gasteiger partial charge on any atom is 0.267 e. The van der Waals surface area contributed by atoms with E-state index in [-0.39, 0.29) is 11.9 Å². The molecule has 3 rings (SSSR count). The van der Waals surface area contributed by atoms with Crippen LogP contribution in [-0.2, 0) is 4.79 Å². The normalized spacial score (nSPS) is 14.6. The molecule has 2 amide bonds. The van der Waals surface area contributed by atoms with Crippen LogP contribution in [0.1, 0.15) is 28.8 Å². The van der Waals surface area contributed by atoms with Crippen molar-refractivity contribution in [1.29, 1.82) is 0 Å². The summed E-state index contributed by atoms with van der Waals surface area (Å²) >= 11 is 0. The lowest BCUT2D eigenvalue weighted by Gasteiger charge is -2.32. The highest BCUT2D eigenvalue weighted by Gasteiger charge is 2.23. The first-order valence-electron chi connectivity index (χ1n) is 9.37. The zero-order chi connectivity index (χ0) is 20.6. The highest BCUT2D eigenvalue weighted by molar-refractivity contribution is 5.94. The molecular weight excluding hydrogens is 372 g/mol. The molecular formula is C21H24N4O4. The number of carbonyl (C=O) groups excluding carboxylic acids is 2. The molecule has 8 nitrogen and oxygen atoms in total. The summed E-state index contributed by atoms with van der Waals surface area (Å²) in [4.78, 5) is 29.8. The van der Waals surface area contributed by atoms with E-state index in [1.165, 1.54) is 11.6 Å². The monoisotopic (exact) mass is 396 g/mol. The number of ether oxygens (including phenoxy) is 1. The van der Waals surface area contributed by atoms with Crippen LogP contribution in [0, 0.1) is 0 Å². The first-order chi connectivity index (χ1) is 14.1. The number of rotatable bonds is 6. The van der Waals surface area contributed by atoms with E-state index in [0.29, 0.717) is 18.7 Å². The molecule has 0 unspecified atom stereocenters. The number of aromatic nitrogens is 1. The number of likely N-dealkylation sites (tertiary alicyclic amines) is 1. The lowest BCUT2D eigenvalue weighted by molar-refractivity contribution is -0.124. The Morgan fingerprint density at radius 3 is 2.48 bits per heavy atom. The number of amides is 2. The number of piperidine rings is 1. The van der Waals surface area contributed by atoms with E-state index in [1.807, 2.05) is 17.0 Å². The summed E-state index contributed by atoms with van der Waals surface area (Å²) in [6, 6.07) is 11.1. The molecule has 1 aromatic heterocycles. The molecule has 0 bridgehead atoms. The van der Waals surface area contributed by atoms with Gasteiger partial charge in [-0.15, -0.1) is 0 Å². The summed E-state index contributed by atoms with van der Waals surface area (Å²) in [5.41, 5.74) is 2.95. The lowest BCUT2D eigenvalue weighted by atomic mass is 10.0. The molecule has 1 saturated heterocycles. The van der Waals surface area contributed by atoms with Gasteiger partial charge in [-0.05, 0) is 60.9 Å². The van der Waals surface area contributed by atoms with Crippen molar-refractivity contribution >= 4 is 23.7 Å². The van der Waals surface area contributed by atoms with Crippen LogP contribution in [0.2, 0.25) is 0 Å². The molecule has 1 aromatic carbocycles. The van der Waals surface area contributed by atoms with Crippen LogP contribution in [0.5, 0.6) is 5.75 Å². The van der Waals surface area contributed by atoms with Crippen molar-refractivity contribution in [2.75, 3.05) is 25.5 Å². The third-order valence-electron chi connectivity index (χ3n) is 4.79. The summed E-state index contributed by atoms with van der Waals surface area (Å²) in [6.07, 6.45) is 6.10. The fourth-order valence-electron chi connectivity index (χ4n) is 3.15. The third-order valence-corrected chi connectivity index (χ3v) is 4.79. The quantitative estimate of drug-likeness (QED) is 0.393. The Bertz CT molecular complexity index is 857. The Morgan fingerprint density at radius 1 is 1.17 bits per heavy atom. The van der Waals surface area contributed by atoms with E-state index in [9.17, 15) is 9.59 Å². The SMILES string of the molecule is COc1ccc(C(=O)N2CCC(Nc3ccc(C=CC(=O)NO)cn3)CC2)cc1. The third kappa shape index (κ3) is 5.55. The fourth-order valence-corrected chi connectivity index (χ4v) is 3.15. The van der Waals surface area contributed by atoms with Crippen LogP contribution in [-0.4, -0.2) is 53.1 Å². The topological polar surface area (TPSA) is 104 Å². The Balaban J connectivity index is 1.49. The van der Waals surface area contributed by atoms with Crippen LogP contribution in [0.4, 0.5) is 5.82 Å². The van der Waals surface area contributed by atoms with Gasteiger partial charge < -0.3 is 15.0 Å². The number of nitrogens with one attached hydrogen (secondary N) is 2. The van der Waals surface area contributed by atoms with Gasteiger partial charge in [-0.2, -0.15) is 0 Å². The average molecular weight is 396 g/mol.